The van der Waals surface area contributed by atoms with Gasteiger partial charge in [0.2, 0.25) is 0 Å². The van der Waals surface area contributed by atoms with Crippen molar-refractivity contribution in [3.63, 3.8) is 0 Å². The molecule has 0 spiro atoms. The molecule has 25 heavy (non-hydrogen) atoms. The summed E-state index contributed by atoms with van der Waals surface area (Å²) in [5, 5.41) is 21.9. The molecule has 1 saturated heterocycles. The highest BCUT2D eigenvalue weighted by Crippen LogP contribution is 2.32. The second-order valence-corrected chi connectivity index (χ2v) is 8.39. The SMILES string of the molecule is CN(c1ccc(-c2ccc(O)cc2)nn1)C1CC(C)(C)NC(C)(C)C1. The van der Waals surface area contributed by atoms with Crippen LogP contribution in [0.5, 0.6) is 5.75 Å². The second kappa shape index (κ2) is 6.30. The molecule has 2 N–H and O–H groups in total. The van der Waals surface area contributed by atoms with Crippen molar-refractivity contribution in [1.82, 2.24) is 15.5 Å². The van der Waals surface area contributed by atoms with Crippen molar-refractivity contribution < 1.29 is 5.11 Å². The molecule has 1 aromatic heterocycles. The van der Waals surface area contributed by atoms with Crippen LogP contribution in [0.25, 0.3) is 11.3 Å². The van der Waals surface area contributed by atoms with E-state index in [0.29, 0.717) is 6.04 Å². The van der Waals surface area contributed by atoms with E-state index in [0.717, 1.165) is 29.9 Å². The number of nitrogens with zero attached hydrogens (tertiary/aromatic N) is 3. The lowest BCUT2D eigenvalue weighted by Gasteiger charge is -2.49. The number of aromatic nitrogens is 2. The fraction of sp³-hybridized carbons (Fsp3) is 0.500. The molecule has 0 unspecified atom stereocenters. The fourth-order valence-corrected chi connectivity index (χ4v) is 4.03. The summed E-state index contributed by atoms with van der Waals surface area (Å²) in [6.07, 6.45) is 2.13. The van der Waals surface area contributed by atoms with E-state index in [4.69, 9.17) is 0 Å². The van der Waals surface area contributed by atoms with Crippen LogP contribution in [0.2, 0.25) is 0 Å². The van der Waals surface area contributed by atoms with Gasteiger partial charge in [-0.3, -0.25) is 0 Å². The summed E-state index contributed by atoms with van der Waals surface area (Å²) in [5.41, 5.74) is 1.95. The Bertz CT molecular complexity index is 706. The van der Waals surface area contributed by atoms with Gasteiger partial charge < -0.3 is 15.3 Å². The van der Waals surface area contributed by atoms with Crippen LogP contribution in [0.1, 0.15) is 40.5 Å². The molecule has 1 aliphatic heterocycles. The predicted molar refractivity (Wildman–Crippen MR) is 102 cm³/mol. The van der Waals surface area contributed by atoms with Crippen molar-refractivity contribution in [2.75, 3.05) is 11.9 Å². The predicted octanol–water partition coefficient (Wildman–Crippen LogP) is 3.59. The summed E-state index contributed by atoms with van der Waals surface area (Å²) in [4.78, 5) is 2.25. The lowest BCUT2D eigenvalue weighted by molar-refractivity contribution is 0.160. The number of benzene rings is 1. The minimum atomic E-state index is 0.0973. The molecule has 1 aromatic carbocycles. The molecule has 0 aliphatic carbocycles. The monoisotopic (exact) mass is 340 g/mol. The molecule has 0 saturated carbocycles. The van der Waals surface area contributed by atoms with Crippen molar-refractivity contribution in [1.29, 1.82) is 0 Å². The number of anilines is 1. The molecule has 5 nitrogen and oxygen atoms in total. The first-order valence-electron chi connectivity index (χ1n) is 8.81. The van der Waals surface area contributed by atoms with E-state index in [-0.39, 0.29) is 16.8 Å². The lowest BCUT2D eigenvalue weighted by atomic mass is 9.79. The first-order valence-corrected chi connectivity index (χ1v) is 8.81. The normalized spacial score (nSPS) is 19.6. The number of piperidine rings is 1. The highest BCUT2D eigenvalue weighted by molar-refractivity contribution is 5.60. The number of nitrogens with one attached hydrogen (secondary N) is 1. The average Bonchev–Trinajstić information content (AvgIpc) is 2.52. The molecule has 0 bridgehead atoms. The van der Waals surface area contributed by atoms with Crippen LogP contribution in [0, 0.1) is 0 Å². The Morgan fingerprint density at radius 3 is 2.08 bits per heavy atom. The molecule has 2 heterocycles. The van der Waals surface area contributed by atoms with Crippen LogP contribution in [0.3, 0.4) is 0 Å². The van der Waals surface area contributed by atoms with Crippen LogP contribution in [-0.2, 0) is 0 Å². The van der Waals surface area contributed by atoms with Gasteiger partial charge in [0.05, 0.1) is 5.69 Å². The van der Waals surface area contributed by atoms with Gasteiger partial charge in [0.1, 0.15) is 5.75 Å². The Balaban J connectivity index is 1.78. The summed E-state index contributed by atoms with van der Waals surface area (Å²) < 4.78 is 0. The third kappa shape index (κ3) is 4.10. The van der Waals surface area contributed by atoms with Gasteiger partial charge in [-0.05, 0) is 76.9 Å². The molecule has 3 rings (SSSR count). The largest absolute Gasteiger partial charge is 0.508 e. The van der Waals surface area contributed by atoms with E-state index in [2.05, 4.69) is 55.2 Å². The quantitative estimate of drug-likeness (QED) is 0.894. The number of hydrogen-bond acceptors (Lipinski definition) is 5. The van der Waals surface area contributed by atoms with Crippen LogP contribution < -0.4 is 10.2 Å². The van der Waals surface area contributed by atoms with Gasteiger partial charge in [-0.15, -0.1) is 10.2 Å². The molecule has 0 amide bonds. The van der Waals surface area contributed by atoms with Gasteiger partial charge in [0.25, 0.3) is 0 Å². The van der Waals surface area contributed by atoms with Gasteiger partial charge >= 0.3 is 0 Å². The van der Waals surface area contributed by atoms with Crippen molar-refractivity contribution in [2.24, 2.45) is 0 Å². The molecule has 1 fully saturated rings. The molecule has 5 heteroatoms. The average molecular weight is 340 g/mol. The zero-order chi connectivity index (χ0) is 18.2. The minimum absolute atomic E-state index is 0.0973. The Labute approximate surface area is 150 Å². The molecule has 2 aromatic rings. The zero-order valence-electron chi connectivity index (χ0n) is 15.7. The standard InChI is InChI=1S/C20H28N4O/c1-19(2)12-15(13-20(3,4)23-19)24(5)18-11-10-17(21-22-18)14-6-8-16(25)9-7-14/h6-11,15,23,25H,12-13H2,1-5H3. The smallest absolute Gasteiger partial charge is 0.151 e. The summed E-state index contributed by atoms with van der Waals surface area (Å²) in [6, 6.07) is 11.5. The van der Waals surface area contributed by atoms with Gasteiger partial charge in [-0.1, -0.05) is 0 Å². The molecular formula is C20H28N4O. The van der Waals surface area contributed by atoms with E-state index in [1.807, 2.05) is 24.3 Å². The van der Waals surface area contributed by atoms with Crippen LogP contribution in [0.15, 0.2) is 36.4 Å². The number of phenolic OH excluding ortho intramolecular Hbond substituents is 1. The van der Waals surface area contributed by atoms with Gasteiger partial charge in [0, 0.05) is 29.7 Å². The third-order valence-corrected chi connectivity index (χ3v) is 4.89. The van der Waals surface area contributed by atoms with Gasteiger partial charge in [0.15, 0.2) is 5.82 Å². The van der Waals surface area contributed by atoms with Crippen LogP contribution in [0.4, 0.5) is 5.82 Å². The van der Waals surface area contributed by atoms with Crippen molar-refractivity contribution >= 4 is 5.82 Å². The fourth-order valence-electron chi connectivity index (χ4n) is 4.03. The Hall–Kier alpha value is -2.14. The van der Waals surface area contributed by atoms with Crippen molar-refractivity contribution in [3.05, 3.63) is 36.4 Å². The summed E-state index contributed by atoms with van der Waals surface area (Å²) in [6.45, 7) is 9.03. The number of phenols is 1. The maximum atomic E-state index is 9.40. The third-order valence-electron chi connectivity index (χ3n) is 4.89. The number of hydrogen-bond donors (Lipinski definition) is 2. The number of rotatable bonds is 3. The van der Waals surface area contributed by atoms with Crippen LogP contribution in [-0.4, -0.2) is 39.5 Å². The highest BCUT2D eigenvalue weighted by Gasteiger charge is 2.39. The maximum Gasteiger partial charge on any atom is 0.151 e. The highest BCUT2D eigenvalue weighted by atomic mass is 16.3. The second-order valence-electron chi connectivity index (χ2n) is 8.39. The van der Waals surface area contributed by atoms with E-state index >= 15 is 0 Å². The van der Waals surface area contributed by atoms with Crippen molar-refractivity contribution in [2.45, 2.75) is 57.7 Å². The Kier molecular flexibility index (Phi) is 4.45. The number of aromatic hydroxyl groups is 1. The Morgan fingerprint density at radius 2 is 1.56 bits per heavy atom. The van der Waals surface area contributed by atoms with Crippen LogP contribution >= 0.6 is 0 Å². The summed E-state index contributed by atoms with van der Waals surface area (Å²) >= 11 is 0. The lowest BCUT2D eigenvalue weighted by Crippen LogP contribution is -2.62. The van der Waals surface area contributed by atoms with E-state index in [1.165, 1.54) is 0 Å². The maximum absolute atomic E-state index is 9.40. The molecule has 1 aliphatic rings. The Morgan fingerprint density at radius 1 is 0.960 bits per heavy atom. The minimum Gasteiger partial charge on any atom is -0.508 e. The molecule has 134 valence electrons. The van der Waals surface area contributed by atoms with Gasteiger partial charge in [-0.25, -0.2) is 0 Å². The summed E-state index contributed by atoms with van der Waals surface area (Å²) in [5.74, 6) is 1.14. The van der Waals surface area contributed by atoms with Crippen molar-refractivity contribution in [3.8, 4) is 17.0 Å². The first kappa shape index (κ1) is 17.7. The van der Waals surface area contributed by atoms with E-state index in [1.54, 1.807) is 12.1 Å². The molecule has 0 atom stereocenters. The molecule has 0 radical (unpaired) electrons. The molecular weight excluding hydrogens is 312 g/mol. The van der Waals surface area contributed by atoms with E-state index in [9.17, 15) is 5.11 Å². The first-order chi connectivity index (χ1) is 11.7. The summed E-state index contributed by atoms with van der Waals surface area (Å²) in [7, 11) is 2.10. The van der Waals surface area contributed by atoms with Gasteiger partial charge in [-0.2, -0.15) is 0 Å². The zero-order valence-corrected chi connectivity index (χ0v) is 15.7. The topological polar surface area (TPSA) is 61.3 Å². The van der Waals surface area contributed by atoms with E-state index < -0.39 is 0 Å².